The first-order valence-electron chi connectivity index (χ1n) is 1.50. The molecule has 14 heteroatoms. The summed E-state index contributed by atoms with van der Waals surface area (Å²) in [6.45, 7) is 0. The number of rotatable bonds is 0. The SMILES string of the molecule is O=S([O-])[O-].O=S([O-])[O-].O=S([O-])[O-].[Yb+3].[Yb+3]. The van der Waals surface area contributed by atoms with Crippen molar-refractivity contribution in [3.63, 3.8) is 0 Å². The Labute approximate surface area is 164 Å². The van der Waals surface area contributed by atoms with Gasteiger partial charge in [0.1, 0.15) is 0 Å². The van der Waals surface area contributed by atoms with E-state index >= 15 is 0 Å². The largest absolute Gasteiger partial charge is 3.00 e. The molecular formula is O9S3Yb2. The molecule has 0 heterocycles. The van der Waals surface area contributed by atoms with Gasteiger partial charge in [-0.3, -0.25) is 12.6 Å². The Kier molecular flexibility index (Phi) is 54.6. The summed E-state index contributed by atoms with van der Waals surface area (Å²) in [5.41, 5.74) is 0. The van der Waals surface area contributed by atoms with Crippen LogP contribution in [0.1, 0.15) is 0 Å². The van der Waals surface area contributed by atoms with Gasteiger partial charge in [0.05, 0.1) is 0 Å². The van der Waals surface area contributed by atoms with Crippen molar-refractivity contribution in [1.29, 1.82) is 0 Å². The first kappa shape index (κ1) is 30.4. The molecule has 0 amide bonds. The van der Waals surface area contributed by atoms with Crippen molar-refractivity contribution < 1.29 is 134 Å². The predicted octanol–water partition coefficient (Wildman–Crippen LogP) is -3.01. The maximum Gasteiger partial charge on any atom is 3.00 e. The van der Waals surface area contributed by atoms with Crippen LogP contribution in [-0.4, -0.2) is 39.9 Å². The average Bonchev–Trinajstić information content (AvgIpc) is 1.54. The molecule has 14 heavy (non-hydrogen) atoms. The van der Waals surface area contributed by atoms with Crippen LogP contribution in [0.15, 0.2) is 0 Å². The molecule has 0 aliphatic rings. The van der Waals surface area contributed by atoms with Crippen molar-refractivity contribution in [2.75, 3.05) is 0 Å². The van der Waals surface area contributed by atoms with E-state index in [1.54, 1.807) is 0 Å². The summed E-state index contributed by atoms with van der Waals surface area (Å²) < 4.78 is 76.0. The van der Waals surface area contributed by atoms with E-state index in [1.807, 2.05) is 0 Å². The fourth-order valence-corrected chi connectivity index (χ4v) is 0. The molecule has 2 radical (unpaired) electrons. The molecule has 0 aliphatic carbocycles. The van der Waals surface area contributed by atoms with Gasteiger partial charge in [-0.15, -0.1) is 34.1 Å². The van der Waals surface area contributed by atoms with E-state index < -0.39 is 34.1 Å². The van der Waals surface area contributed by atoms with E-state index in [0.717, 1.165) is 0 Å². The molecule has 100 valence electrons. The summed E-state index contributed by atoms with van der Waals surface area (Å²) in [6, 6.07) is 0. The van der Waals surface area contributed by atoms with Crippen LogP contribution in [0.2, 0.25) is 0 Å². The van der Waals surface area contributed by atoms with Gasteiger partial charge >= 0.3 is 93.8 Å². The zero-order chi connectivity index (χ0) is 10.7. The third kappa shape index (κ3) is 293. The Balaban J connectivity index is -0.0000000270. The van der Waals surface area contributed by atoms with Gasteiger partial charge in [0, 0.05) is 0 Å². The zero-order valence-corrected chi connectivity index (χ0v) is 11.3. The van der Waals surface area contributed by atoms with Crippen LogP contribution in [0.4, 0.5) is 0 Å². The molecular weight excluding hydrogens is 586 g/mol. The van der Waals surface area contributed by atoms with Crippen LogP contribution < -0.4 is 0 Å². The summed E-state index contributed by atoms with van der Waals surface area (Å²) in [5, 5.41) is 0. The van der Waals surface area contributed by atoms with Gasteiger partial charge in [0.2, 0.25) is 0 Å². The van der Waals surface area contributed by atoms with E-state index in [0.29, 0.717) is 0 Å². The number of hydrogen-bond acceptors (Lipinski definition) is 9. The normalized spacial score (nSPS) is 7.50. The Morgan fingerprint density at radius 1 is 0.500 bits per heavy atom. The molecule has 0 bridgehead atoms. The minimum Gasteiger partial charge on any atom is -0.784 e. The second-order valence-electron chi connectivity index (χ2n) is 0.612. The van der Waals surface area contributed by atoms with Crippen LogP contribution in [0.3, 0.4) is 0 Å². The minimum absolute atomic E-state index is 0. The van der Waals surface area contributed by atoms with Crippen molar-refractivity contribution in [2.24, 2.45) is 0 Å². The van der Waals surface area contributed by atoms with Crippen LogP contribution in [-0.2, 0) is 34.1 Å². The van der Waals surface area contributed by atoms with Crippen LogP contribution >= 0.6 is 0 Å². The fourth-order valence-electron chi connectivity index (χ4n) is 0. The first-order chi connectivity index (χ1) is 5.20. The third-order valence-electron chi connectivity index (χ3n) is 0. The predicted molar refractivity (Wildman–Crippen MR) is 29.1 cm³/mol. The van der Waals surface area contributed by atoms with E-state index in [4.69, 9.17) is 39.9 Å². The molecule has 0 saturated carbocycles. The maximum atomic E-state index is 8.44. The Morgan fingerprint density at radius 3 is 0.500 bits per heavy atom. The molecule has 0 rings (SSSR count). The summed E-state index contributed by atoms with van der Waals surface area (Å²) in [7, 11) is 0. The zero-order valence-electron chi connectivity index (χ0n) is 5.43. The van der Waals surface area contributed by atoms with Gasteiger partial charge in [0.15, 0.2) is 0 Å². The average molecular weight is 586 g/mol. The first-order valence-corrected chi connectivity index (χ1v) is 4.50. The quantitative estimate of drug-likeness (QED) is 0.266. The van der Waals surface area contributed by atoms with E-state index in [-0.39, 0.29) is 93.8 Å². The van der Waals surface area contributed by atoms with Crippen molar-refractivity contribution in [1.82, 2.24) is 0 Å². The summed E-state index contributed by atoms with van der Waals surface area (Å²) in [5.74, 6) is 0. The third-order valence-corrected chi connectivity index (χ3v) is 0. The molecule has 9 nitrogen and oxygen atoms in total. The molecule has 0 aromatic carbocycles. The van der Waals surface area contributed by atoms with Crippen molar-refractivity contribution in [3.05, 3.63) is 0 Å². The molecule has 0 aliphatic heterocycles. The summed E-state index contributed by atoms with van der Waals surface area (Å²) in [4.78, 5) is 0. The van der Waals surface area contributed by atoms with Crippen molar-refractivity contribution in [2.45, 2.75) is 0 Å². The second-order valence-corrected chi connectivity index (χ2v) is 1.84. The molecule has 0 aromatic rings. The monoisotopic (exact) mass is 588 g/mol. The van der Waals surface area contributed by atoms with Crippen LogP contribution in [0.25, 0.3) is 0 Å². The molecule has 0 N–H and O–H groups in total. The van der Waals surface area contributed by atoms with Gasteiger partial charge < -0.3 is 27.3 Å². The molecule has 0 fully saturated rings. The maximum absolute atomic E-state index is 8.44. The second kappa shape index (κ2) is 25.2. The fraction of sp³-hybridized carbons (Fsp3) is 0. The van der Waals surface area contributed by atoms with Crippen LogP contribution in [0.5, 0.6) is 0 Å². The van der Waals surface area contributed by atoms with E-state index in [2.05, 4.69) is 0 Å². The van der Waals surface area contributed by atoms with Gasteiger partial charge in [-0.1, -0.05) is 0 Å². The van der Waals surface area contributed by atoms with Gasteiger partial charge in [0.25, 0.3) is 0 Å². The van der Waals surface area contributed by atoms with E-state index in [1.165, 1.54) is 0 Å². The molecule has 0 aromatic heterocycles. The van der Waals surface area contributed by atoms with Crippen molar-refractivity contribution >= 4 is 34.1 Å². The molecule has 0 saturated heterocycles. The Hall–Kier alpha value is 3.25. The molecule has 0 atom stereocenters. The minimum atomic E-state index is -3.11. The standard InChI is InChI=1S/3H2O3S.2Yb/c3*1-4(2)3;;/h3*(H2,1,2,3);;/q;;;2*+3/p-6. The summed E-state index contributed by atoms with van der Waals surface area (Å²) >= 11 is -9.33. The molecule has 0 unspecified atom stereocenters. The summed E-state index contributed by atoms with van der Waals surface area (Å²) in [6.07, 6.45) is 0. The van der Waals surface area contributed by atoms with Gasteiger partial charge in [-0.2, -0.15) is 0 Å². The van der Waals surface area contributed by atoms with Crippen LogP contribution in [0, 0.1) is 93.8 Å². The van der Waals surface area contributed by atoms with Gasteiger partial charge in [-0.25, -0.2) is 0 Å². The Bertz CT molecular complexity index is 116. The van der Waals surface area contributed by atoms with Gasteiger partial charge in [-0.05, 0) is 0 Å². The van der Waals surface area contributed by atoms with E-state index in [9.17, 15) is 0 Å². The Morgan fingerprint density at radius 2 is 0.500 bits per heavy atom. The smallest absolute Gasteiger partial charge is 0.784 e. The topological polar surface area (TPSA) is 190 Å². The number of hydrogen-bond donors (Lipinski definition) is 0. The van der Waals surface area contributed by atoms with Crippen molar-refractivity contribution in [3.8, 4) is 0 Å². The molecule has 0 spiro atoms.